The highest BCUT2D eigenvalue weighted by molar-refractivity contribution is 6.34. The van der Waals surface area contributed by atoms with Gasteiger partial charge in [-0.3, -0.25) is 4.98 Å². The lowest BCUT2D eigenvalue weighted by Gasteiger charge is -2.13. The number of amidine groups is 1. The van der Waals surface area contributed by atoms with Crippen molar-refractivity contribution >= 4 is 28.9 Å². The second-order valence-electron chi connectivity index (χ2n) is 5.20. The molecule has 0 saturated carbocycles. The molecule has 0 aliphatic carbocycles. The average Bonchev–Trinajstić information content (AvgIpc) is 2.65. The summed E-state index contributed by atoms with van der Waals surface area (Å²) in [6.45, 7) is 0. The SMILES string of the molecule is N=N/N=C(\Nc1cc(F)ccc1Cl)c1cc(-c2cccnc2)cnc1N. The predicted octanol–water partition coefficient (Wildman–Crippen LogP) is 4.32. The Morgan fingerprint density at radius 2 is 2.04 bits per heavy atom. The molecule has 3 aromatic rings. The Morgan fingerprint density at radius 3 is 2.77 bits per heavy atom. The smallest absolute Gasteiger partial charge is 0.165 e. The Labute approximate surface area is 153 Å². The number of halogens is 2. The third-order valence-corrected chi connectivity index (χ3v) is 3.83. The second-order valence-corrected chi connectivity index (χ2v) is 5.60. The first kappa shape index (κ1) is 17.4. The van der Waals surface area contributed by atoms with E-state index in [2.05, 4.69) is 25.6 Å². The van der Waals surface area contributed by atoms with E-state index in [4.69, 9.17) is 22.9 Å². The van der Waals surface area contributed by atoms with Crippen LogP contribution in [0, 0.1) is 11.3 Å². The predicted molar refractivity (Wildman–Crippen MR) is 98.6 cm³/mol. The minimum absolute atomic E-state index is 0.114. The number of rotatable bonds is 4. The molecule has 7 nitrogen and oxygen atoms in total. The lowest BCUT2D eigenvalue weighted by atomic mass is 10.1. The fraction of sp³-hybridized carbons (Fsp3) is 0. The maximum Gasteiger partial charge on any atom is 0.165 e. The lowest BCUT2D eigenvalue weighted by Crippen LogP contribution is -2.16. The monoisotopic (exact) mass is 369 g/mol. The van der Waals surface area contributed by atoms with Gasteiger partial charge in [0.25, 0.3) is 0 Å². The summed E-state index contributed by atoms with van der Waals surface area (Å²) in [6, 6.07) is 9.23. The van der Waals surface area contributed by atoms with E-state index in [9.17, 15) is 4.39 Å². The number of nitrogens with two attached hydrogens (primary N) is 1. The Kier molecular flexibility index (Phi) is 5.14. The Morgan fingerprint density at radius 1 is 1.19 bits per heavy atom. The molecule has 0 unspecified atom stereocenters. The second kappa shape index (κ2) is 7.66. The third kappa shape index (κ3) is 3.81. The fourth-order valence-corrected chi connectivity index (χ4v) is 2.44. The van der Waals surface area contributed by atoms with Gasteiger partial charge in [0, 0.05) is 29.7 Å². The number of hydrogen-bond acceptors (Lipinski definition) is 5. The van der Waals surface area contributed by atoms with Crippen molar-refractivity contribution in [3.8, 4) is 11.1 Å². The number of nitrogens with zero attached hydrogens (tertiary/aromatic N) is 4. The van der Waals surface area contributed by atoms with E-state index in [0.717, 1.165) is 11.1 Å². The zero-order valence-corrected chi connectivity index (χ0v) is 14.1. The van der Waals surface area contributed by atoms with E-state index in [0.29, 0.717) is 5.56 Å². The van der Waals surface area contributed by atoms with Crippen LogP contribution in [0.5, 0.6) is 0 Å². The van der Waals surface area contributed by atoms with Gasteiger partial charge < -0.3 is 11.1 Å². The molecule has 0 aliphatic heterocycles. The summed E-state index contributed by atoms with van der Waals surface area (Å²) in [5.74, 6) is -0.197. The van der Waals surface area contributed by atoms with Gasteiger partial charge >= 0.3 is 0 Å². The summed E-state index contributed by atoms with van der Waals surface area (Å²) in [7, 11) is 0. The van der Waals surface area contributed by atoms with Crippen LogP contribution in [-0.2, 0) is 0 Å². The van der Waals surface area contributed by atoms with Crippen molar-refractivity contribution in [3.05, 3.63) is 71.4 Å². The van der Waals surface area contributed by atoms with E-state index in [1.54, 1.807) is 30.7 Å². The quantitative estimate of drug-likeness (QED) is 0.275. The van der Waals surface area contributed by atoms with Crippen LogP contribution in [0.15, 0.2) is 65.3 Å². The molecular formula is C17H13ClFN7. The van der Waals surface area contributed by atoms with Gasteiger partial charge in [-0.15, -0.1) is 5.10 Å². The van der Waals surface area contributed by atoms with Gasteiger partial charge in [0.05, 0.1) is 16.3 Å². The highest BCUT2D eigenvalue weighted by atomic mass is 35.5. The maximum atomic E-state index is 13.5. The molecule has 2 heterocycles. The van der Waals surface area contributed by atoms with Crippen molar-refractivity contribution in [2.24, 2.45) is 10.3 Å². The molecule has 0 bridgehead atoms. The first-order valence-electron chi connectivity index (χ1n) is 7.41. The minimum Gasteiger partial charge on any atom is -0.383 e. The van der Waals surface area contributed by atoms with Crippen molar-refractivity contribution in [1.82, 2.24) is 9.97 Å². The highest BCUT2D eigenvalue weighted by Crippen LogP contribution is 2.26. The van der Waals surface area contributed by atoms with E-state index in [1.807, 2.05) is 6.07 Å². The standard InChI is InChI=1S/C17H13ClFN7/c18-14-4-3-12(19)7-15(14)24-17(25-26-21)13-6-11(9-23-16(13)20)10-2-1-5-22-8-10/h1-9H,(H2,20,23)(H2,21,24,25). The average molecular weight is 370 g/mol. The van der Waals surface area contributed by atoms with Gasteiger partial charge in [-0.2, -0.15) is 5.53 Å². The molecule has 0 spiro atoms. The van der Waals surface area contributed by atoms with E-state index < -0.39 is 5.82 Å². The van der Waals surface area contributed by atoms with Gasteiger partial charge in [0.2, 0.25) is 0 Å². The molecule has 0 aliphatic rings. The highest BCUT2D eigenvalue weighted by Gasteiger charge is 2.14. The van der Waals surface area contributed by atoms with Crippen LogP contribution in [0.4, 0.5) is 15.9 Å². The molecule has 4 N–H and O–H groups in total. The van der Waals surface area contributed by atoms with Crippen LogP contribution in [-0.4, -0.2) is 15.8 Å². The number of benzene rings is 1. The summed E-state index contributed by atoms with van der Waals surface area (Å²) in [5, 5.41) is 9.91. The van der Waals surface area contributed by atoms with E-state index in [1.165, 1.54) is 18.2 Å². The topological polar surface area (TPSA) is 112 Å². The van der Waals surface area contributed by atoms with Crippen molar-refractivity contribution in [2.75, 3.05) is 11.1 Å². The number of anilines is 2. The summed E-state index contributed by atoms with van der Waals surface area (Å²) >= 11 is 6.08. The molecule has 0 fully saturated rings. The Bertz CT molecular complexity index is 976. The third-order valence-electron chi connectivity index (χ3n) is 3.50. The van der Waals surface area contributed by atoms with Crippen molar-refractivity contribution < 1.29 is 4.39 Å². The molecule has 2 aromatic heterocycles. The summed E-state index contributed by atoms with van der Waals surface area (Å²) in [5.41, 5.74) is 15.2. The van der Waals surface area contributed by atoms with Crippen LogP contribution in [0.2, 0.25) is 5.02 Å². The van der Waals surface area contributed by atoms with Crippen molar-refractivity contribution in [3.63, 3.8) is 0 Å². The number of pyridine rings is 2. The molecule has 0 amide bonds. The van der Waals surface area contributed by atoms with Crippen molar-refractivity contribution in [1.29, 1.82) is 5.53 Å². The van der Waals surface area contributed by atoms with Crippen LogP contribution in [0.25, 0.3) is 11.1 Å². The summed E-state index contributed by atoms with van der Waals surface area (Å²) in [6.07, 6.45) is 4.94. The van der Waals surface area contributed by atoms with Crippen LogP contribution < -0.4 is 11.1 Å². The zero-order valence-electron chi connectivity index (χ0n) is 13.3. The van der Waals surface area contributed by atoms with Gasteiger partial charge in [-0.05, 0) is 30.3 Å². The number of hydrogen-bond donors (Lipinski definition) is 3. The molecule has 0 radical (unpaired) electrons. The normalized spacial score (nSPS) is 11.2. The van der Waals surface area contributed by atoms with Crippen LogP contribution >= 0.6 is 11.6 Å². The van der Waals surface area contributed by atoms with Gasteiger partial charge in [-0.1, -0.05) is 22.9 Å². The van der Waals surface area contributed by atoms with Crippen LogP contribution in [0.3, 0.4) is 0 Å². The lowest BCUT2D eigenvalue weighted by molar-refractivity contribution is 0.628. The first-order valence-corrected chi connectivity index (χ1v) is 7.79. The largest absolute Gasteiger partial charge is 0.383 e. The van der Waals surface area contributed by atoms with Gasteiger partial charge in [0.1, 0.15) is 11.6 Å². The first-order chi connectivity index (χ1) is 12.6. The van der Waals surface area contributed by atoms with Crippen molar-refractivity contribution in [2.45, 2.75) is 0 Å². The molecule has 1 aromatic carbocycles. The molecule has 9 heteroatoms. The number of nitrogens with one attached hydrogen (secondary N) is 2. The number of nitrogen functional groups attached to an aromatic ring is 1. The zero-order chi connectivity index (χ0) is 18.5. The summed E-state index contributed by atoms with van der Waals surface area (Å²) < 4.78 is 13.5. The minimum atomic E-state index is -0.478. The molecule has 26 heavy (non-hydrogen) atoms. The van der Waals surface area contributed by atoms with Gasteiger partial charge in [0.15, 0.2) is 5.84 Å². The molecule has 0 saturated heterocycles. The molecule has 0 atom stereocenters. The van der Waals surface area contributed by atoms with E-state index >= 15 is 0 Å². The van der Waals surface area contributed by atoms with Crippen LogP contribution in [0.1, 0.15) is 5.56 Å². The molecule has 3 rings (SSSR count). The molecular weight excluding hydrogens is 357 g/mol. The number of aromatic nitrogens is 2. The summed E-state index contributed by atoms with van der Waals surface area (Å²) in [4.78, 5) is 8.23. The van der Waals surface area contributed by atoms with Gasteiger partial charge in [-0.25, -0.2) is 9.37 Å². The Hall–Kier alpha value is -3.39. The Balaban J connectivity index is 2.04. The molecule has 130 valence electrons. The maximum absolute atomic E-state index is 13.5. The fourth-order valence-electron chi connectivity index (χ4n) is 2.27. The van der Waals surface area contributed by atoms with E-state index in [-0.39, 0.29) is 22.4 Å².